The zero-order valence-electron chi connectivity index (χ0n) is 18.4. The van der Waals surface area contributed by atoms with E-state index in [-0.39, 0.29) is 10.7 Å². The van der Waals surface area contributed by atoms with Gasteiger partial charge in [0.25, 0.3) is 11.6 Å². The van der Waals surface area contributed by atoms with Gasteiger partial charge in [0.05, 0.1) is 32.4 Å². The van der Waals surface area contributed by atoms with E-state index >= 15 is 0 Å². The first-order chi connectivity index (χ1) is 16.8. The van der Waals surface area contributed by atoms with Crippen LogP contribution in [0.3, 0.4) is 0 Å². The van der Waals surface area contributed by atoms with Gasteiger partial charge in [0.2, 0.25) is 5.91 Å². The van der Waals surface area contributed by atoms with Crippen LogP contribution in [0.15, 0.2) is 66.7 Å². The monoisotopic (exact) mass is 511 g/mol. The molecule has 10 heteroatoms. The standard InChI is InChI=1S/C25H19Cl2N3O5/c1-2-14-6-8-15(9-7-14)22-21-23(35-29(22)17-4-3-5-18(12-17)30(33)34)25(32)28(24(21)31)16-10-11-19(26)20(27)13-16/h3-13,21-23H,2H2,1H3/t21-,22+,23-/m1/s1. The number of hydroxylamine groups is 1. The van der Waals surface area contributed by atoms with Crippen molar-refractivity contribution >= 4 is 52.1 Å². The maximum absolute atomic E-state index is 13.7. The Bertz CT molecular complexity index is 1350. The van der Waals surface area contributed by atoms with Crippen molar-refractivity contribution < 1.29 is 19.3 Å². The van der Waals surface area contributed by atoms with Crippen LogP contribution in [0.2, 0.25) is 10.0 Å². The maximum atomic E-state index is 13.7. The number of nitrogens with zero attached hydrogens (tertiary/aromatic N) is 3. The summed E-state index contributed by atoms with van der Waals surface area (Å²) in [6, 6.07) is 17.4. The zero-order valence-corrected chi connectivity index (χ0v) is 19.9. The number of carbonyl (C=O) groups excluding carboxylic acids is 2. The van der Waals surface area contributed by atoms with E-state index in [0.717, 1.165) is 22.4 Å². The topological polar surface area (TPSA) is 93.0 Å². The molecule has 2 saturated heterocycles. The SMILES string of the molecule is CCc1ccc([C@H]2[C@H]3C(=O)N(c4ccc(Cl)c(Cl)c4)C(=O)[C@@H]3ON2c2cccc([N+](=O)[O-])c2)cc1. The van der Waals surface area contributed by atoms with Crippen LogP contribution in [0, 0.1) is 16.0 Å². The number of nitro groups is 1. The van der Waals surface area contributed by atoms with E-state index in [1.807, 2.05) is 31.2 Å². The Morgan fingerprint density at radius 3 is 2.34 bits per heavy atom. The highest BCUT2D eigenvalue weighted by Gasteiger charge is 2.60. The normalized spacial score (nSPS) is 21.5. The van der Waals surface area contributed by atoms with Crippen LogP contribution in [0.5, 0.6) is 0 Å². The van der Waals surface area contributed by atoms with Crippen LogP contribution in [0.4, 0.5) is 17.1 Å². The number of halogens is 2. The molecule has 0 spiro atoms. The third-order valence-corrected chi connectivity index (χ3v) is 7.04. The number of anilines is 2. The van der Waals surface area contributed by atoms with Gasteiger partial charge in [0.15, 0.2) is 6.10 Å². The minimum atomic E-state index is -1.10. The molecular weight excluding hydrogens is 493 g/mol. The van der Waals surface area contributed by atoms with Crippen molar-refractivity contribution in [2.24, 2.45) is 5.92 Å². The number of nitro benzene ring substituents is 1. The van der Waals surface area contributed by atoms with Crippen LogP contribution in [-0.2, 0) is 20.8 Å². The quantitative estimate of drug-likeness (QED) is 0.254. The van der Waals surface area contributed by atoms with Crippen LogP contribution >= 0.6 is 23.2 Å². The summed E-state index contributed by atoms with van der Waals surface area (Å²) in [5.74, 6) is -1.86. The maximum Gasteiger partial charge on any atom is 0.271 e. The molecular formula is C25H19Cl2N3O5. The molecule has 5 rings (SSSR count). The van der Waals surface area contributed by atoms with Crippen LogP contribution in [0.1, 0.15) is 24.1 Å². The Balaban J connectivity index is 1.59. The molecule has 0 N–H and O–H groups in total. The number of fused-ring (bicyclic) bond motifs is 1. The van der Waals surface area contributed by atoms with Crippen LogP contribution < -0.4 is 9.96 Å². The molecule has 8 nitrogen and oxygen atoms in total. The van der Waals surface area contributed by atoms with E-state index in [9.17, 15) is 19.7 Å². The highest BCUT2D eigenvalue weighted by molar-refractivity contribution is 6.42. The lowest BCUT2D eigenvalue weighted by atomic mass is 9.90. The average molecular weight is 512 g/mol. The summed E-state index contributed by atoms with van der Waals surface area (Å²) in [7, 11) is 0. The highest BCUT2D eigenvalue weighted by Crippen LogP contribution is 2.48. The molecule has 2 amide bonds. The van der Waals surface area contributed by atoms with Gasteiger partial charge in [-0.15, -0.1) is 0 Å². The third-order valence-electron chi connectivity index (χ3n) is 6.30. The van der Waals surface area contributed by atoms with Crippen molar-refractivity contribution in [3.8, 4) is 0 Å². The fourth-order valence-electron chi connectivity index (χ4n) is 4.55. The number of rotatable bonds is 5. The van der Waals surface area contributed by atoms with E-state index < -0.39 is 34.8 Å². The Hall–Kier alpha value is -3.46. The van der Waals surface area contributed by atoms with E-state index in [1.54, 1.807) is 12.1 Å². The number of amides is 2. The molecule has 2 heterocycles. The van der Waals surface area contributed by atoms with Crippen LogP contribution in [-0.4, -0.2) is 22.8 Å². The highest BCUT2D eigenvalue weighted by atomic mass is 35.5. The second-order valence-electron chi connectivity index (χ2n) is 8.30. The number of hydrogen-bond donors (Lipinski definition) is 0. The summed E-state index contributed by atoms with van der Waals surface area (Å²) in [5, 5.41) is 13.3. The molecule has 0 unspecified atom stereocenters. The van der Waals surface area contributed by atoms with Crippen molar-refractivity contribution in [3.63, 3.8) is 0 Å². The molecule has 3 aromatic rings. The van der Waals surface area contributed by atoms with Crippen molar-refractivity contribution in [1.82, 2.24) is 0 Å². The Morgan fingerprint density at radius 1 is 0.943 bits per heavy atom. The fraction of sp³-hybridized carbons (Fsp3) is 0.200. The number of carbonyl (C=O) groups is 2. The van der Waals surface area contributed by atoms with E-state index in [4.69, 9.17) is 28.0 Å². The summed E-state index contributed by atoms with van der Waals surface area (Å²) in [6.45, 7) is 2.04. The summed E-state index contributed by atoms with van der Waals surface area (Å²) >= 11 is 12.1. The number of benzene rings is 3. The van der Waals surface area contributed by atoms with E-state index in [2.05, 4.69) is 0 Å². The van der Waals surface area contributed by atoms with Gasteiger partial charge in [-0.3, -0.25) is 24.5 Å². The molecule has 0 aliphatic carbocycles. The summed E-state index contributed by atoms with van der Waals surface area (Å²) in [6.07, 6.45) is -0.267. The first kappa shape index (κ1) is 23.3. The first-order valence-corrected chi connectivity index (χ1v) is 11.7. The number of imide groups is 1. The second kappa shape index (κ2) is 8.96. The molecule has 3 aromatic carbocycles. The van der Waals surface area contributed by atoms with Gasteiger partial charge >= 0.3 is 0 Å². The summed E-state index contributed by atoms with van der Waals surface area (Å²) in [5.41, 5.74) is 2.41. The smallest absolute Gasteiger partial charge is 0.271 e. The number of hydrogen-bond acceptors (Lipinski definition) is 6. The molecule has 3 atom stereocenters. The lowest BCUT2D eigenvalue weighted by Crippen LogP contribution is -2.37. The van der Waals surface area contributed by atoms with Crippen LogP contribution in [0.25, 0.3) is 0 Å². The summed E-state index contributed by atoms with van der Waals surface area (Å²) in [4.78, 5) is 45.0. The molecule has 2 fully saturated rings. The first-order valence-electron chi connectivity index (χ1n) is 10.9. The van der Waals surface area contributed by atoms with Gasteiger partial charge in [-0.05, 0) is 41.8 Å². The number of non-ortho nitro benzene ring substituents is 1. The lowest BCUT2D eigenvalue weighted by molar-refractivity contribution is -0.384. The van der Waals surface area contributed by atoms with Gasteiger partial charge < -0.3 is 0 Å². The molecule has 35 heavy (non-hydrogen) atoms. The van der Waals surface area contributed by atoms with E-state index in [0.29, 0.717) is 16.4 Å². The fourth-order valence-corrected chi connectivity index (χ4v) is 4.84. The molecule has 0 bridgehead atoms. The number of aryl methyl sites for hydroxylation is 1. The Morgan fingerprint density at radius 2 is 1.69 bits per heavy atom. The van der Waals surface area contributed by atoms with Gasteiger partial charge in [0, 0.05) is 12.1 Å². The average Bonchev–Trinajstić information content (AvgIpc) is 3.37. The molecule has 178 valence electrons. The molecule has 0 aromatic heterocycles. The Kier molecular flexibility index (Phi) is 5.96. The lowest BCUT2D eigenvalue weighted by Gasteiger charge is -2.28. The Labute approximate surface area is 210 Å². The largest absolute Gasteiger partial charge is 0.273 e. The predicted octanol–water partition coefficient (Wildman–Crippen LogP) is 5.52. The summed E-state index contributed by atoms with van der Waals surface area (Å²) < 4.78 is 0. The van der Waals surface area contributed by atoms with Gasteiger partial charge in [-0.2, -0.15) is 0 Å². The molecule has 2 aliphatic heterocycles. The zero-order chi connectivity index (χ0) is 24.9. The minimum Gasteiger partial charge on any atom is -0.273 e. The van der Waals surface area contributed by atoms with Gasteiger partial charge in [-0.25, -0.2) is 9.96 Å². The van der Waals surface area contributed by atoms with Crippen molar-refractivity contribution in [1.29, 1.82) is 0 Å². The third kappa shape index (κ3) is 3.93. The van der Waals surface area contributed by atoms with Gasteiger partial charge in [-0.1, -0.05) is 60.5 Å². The minimum absolute atomic E-state index is 0.127. The second-order valence-corrected chi connectivity index (χ2v) is 9.12. The van der Waals surface area contributed by atoms with Gasteiger partial charge in [0.1, 0.15) is 5.92 Å². The van der Waals surface area contributed by atoms with E-state index in [1.165, 1.54) is 35.4 Å². The van der Waals surface area contributed by atoms with Crippen molar-refractivity contribution in [2.45, 2.75) is 25.5 Å². The molecule has 0 radical (unpaired) electrons. The molecule has 0 saturated carbocycles. The molecule has 2 aliphatic rings. The predicted molar refractivity (Wildman–Crippen MR) is 131 cm³/mol. The van der Waals surface area contributed by atoms with Crippen molar-refractivity contribution in [2.75, 3.05) is 9.96 Å². The van der Waals surface area contributed by atoms with Crippen molar-refractivity contribution in [3.05, 3.63) is 98.0 Å².